The van der Waals surface area contributed by atoms with Gasteiger partial charge in [-0.3, -0.25) is 0 Å². The Morgan fingerprint density at radius 1 is 1.03 bits per heavy atom. The number of sulfone groups is 1. The maximum Gasteiger partial charge on any atom is 0.229 e. The second-order valence-electron chi connectivity index (χ2n) is 7.97. The van der Waals surface area contributed by atoms with E-state index in [1.807, 2.05) is 36.4 Å². The number of hydrogen-bond donors (Lipinski definition) is 1. The van der Waals surface area contributed by atoms with Gasteiger partial charge < -0.3 is 5.32 Å². The highest BCUT2D eigenvalue weighted by Crippen LogP contribution is 2.28. The van der Waals surface area contributed by atoms with Gasteiger partial charge in [-0.1, -0.05) is 63.1 Å². The molecule has 0 fully saturated rings. The number of rotatable bonds is 8. The normalized spacial score (nSPS) is 12.1. The fraction of sp³-hybridized carbons (Fsp3) is 0.348. The van der Waals surface area contributed by atoms with Crippen LogP contribution in [0.4, 0.5) is 5.82 Å². The first-order valence-electron chi connectivity index (χ1n) is 10.7. The summed E-state index contributed by atoms with van der Waals surface area (Å²) in [5.41, 5.74) is 2.06. The molecule has 2 aromatic carbocycles. The first kappa shape index (κ1) is 21.2. The molecule has 0 radical (unpaired) electrons. The van der Waals surface area contributed by atoms with Gasteiger partial charge in [-0.05, 0) is 42.2 Å². The van der Waals surface area contributed by atoms with Crippen LogP contribution in [-0.2, 0) is 9.84 Å². The van der Waals surface area contributed by atoms with Crippen LogP contribution in [0.3, 0.4) is 0 Å². The fourth-order valence-electron chi connectivity index (χ4n) is 3.58. The van der Waals surface area contributed by atoms with E-state index in [1.54, 1.807) is 12.1 Å². The Labute approximate surface area is 182 Å². The average molecular weight is 438 g/mol. The van der Waals surface area contributed by atoms with Crippen molar-refractivity contribution in [3.63, 3.8) is 0 Å². The molecule has 162 valence electrons. The van der Waals surface area contributed by atoms with Gasteiger partial charge in [-0.2, -0.15) is 4.52 Å². The lowest BCUT2D eigenvalue weighted by molar-refractivity contribution is 0.592. The van der Waals surface area contributed by atoms with Crippen molar-refractivity contribution in [3.05, 3.63) is 54.1 Å². The van der Waals surface area contributed by atoms with E-state index in [-0.39, 0.29) is 15.6 Å². The molecule has 31 heavy (non-hydrogen) atoms. The van der Waals surface area contributed by atoms with Crippen LogP contribution in [0.5, 0.6) is 0 Å². The van der Waals surface area contributed by atoms with Crippen molar-refractivity contribution in [1.82, 2.24) is 19.8 Å². The molecule has 8 heteroatoms. The first-order valence-corrected chi connectivity index (χ1v) is 12.1. The lowest BCUT2D eigenvalue weighted by atomic mass is 10.0. The van der Waals surface area contributed by atoms with E-state index in [2.05, 4.69) is 41.4 Å². The molecule has 1 N–H and O–H groups in total. The number of hydrogen-bond acceptors (Lipinski definition) is 6. The molecule has 0 aliphatic carbocycles. The minimum absolute atomic E-state index is 0.132. The average Bonchev–Trinajstić information content (AvgIpc) is 3.22. The first-order chi connectivity index (χ1) is 14.9. The highest BCUT2D eigenvalue weighted by atomic mass is 32.2. The van der Waals surface area contributed by atoms with Gasteiger partial charge in [0.1, 0.15) is 5.82 Å². The van der Waals surface area contributed by atoms with Crippen molar-refractivity contribution in [1.29, 1.82) is 0 Å². The van der Waals surface area contributed by atoms with Crippen LogP contribution < -0.4 is 5.32 Å². The van der Waals surface area contributed by atoms with Crippen LogP contribution in [0.2, 0.25) is 0 Å². The van der Waals surface area contributed by atoms with Crippen LogP contribution >= 0.6 is 0 Å². The lowest BCUT2D eigenvalue weighted by Gasteiger charge is -2.10. The van der Waals surface area contributed by atoms with Crippen molar-refractivity contribution in [2.24, 2.45) is 0 Å². The number of unbranched alkanes of at least 4 members (excludes halogenated alkanes) is 2. The summed E-state index contributed by atoms with van der Waals surface area (Å²) in [6.07, 6.45) is 3.26. The van der Waals surface area contributed by atoms with E-state index in [0.29, 0.717) is 11.7 Å². The third-order valence-corrected chi connectivity index (χ3v) is 7.07. The molecule has 0 aliphatic rings. The quantitative estimate of drug-likeness (QED) is 0.397. The summed E-state index contributed by atoms with van der Waals surface area (Å²) in [6, 6.07) is 14.6. The summed E-state index contributed by atoms with van der Waals surface area (Å²) in [5, 5.41) is 12.3. The van der Waals surface area contributed by atoms with Crippen LogP contribution in [0.1, 0.15) is 51.5 Å². The zero-order valence-electron chi connectivity index (χ0n) is 18.0. The van der Waals surface area contributed by atoms with Crippen molar-refractivity contribution >= 4 is 32.2 Å². The molecule has 0 unspecified atom stereocenters. The van der Waals surface area contributed by atoms with Gasteiger partial charge in [0.05, 0.1) is 10.4 Å². The Bertz CT molecular complexity index is 1310. The van der Waals surface area contributed by atoms with Gasteiger partial charge in [-0.15, -0.1) is 5.10 Å². The van der Waals surface area contributed by atoms with E-state index in [9.17, 15) is 8.42 Å². The number of anilines is 1. The summed E-state index contributed by atoms with van der Waals surface area (Å²) in [5.74, 6) is 0.967. The maximum absolute atomic E-state index is 13.4. The van der Waals surface area contributed by atoms with E-state index >= 15 is 0 Å². The Balaban J connectivity index is 1.82. The third kappa shape index (κ3) is 3.99. The number of benzene rings is 2. The molecular weight excluding hydrogens is 410 g/mol. The summed E-state index contributed by atoms with van der Waals surface area (Å²) in [7, 11) is -3.86. The van der Waals surface area contributed by atoms with Crippen molar-refractivity contribution in [2.75, 3.05) is 11.9 Å². The molecule has 4 rings (SSSR count). The fourth-order valence-corrected chi connectivity index (χ4v) is 4.81. The Hall–Kier alpha value is -3.00. The number of aromatic nitrogens is 4. The molecular formula is C23H27N5O2S. The van der Waals surface area contributed by atoms with Gasteiger partial charge in [-0.25, -0.2) is 13.4 Å². The van der Waals surface area contributed by atoms with Gasteiger partial charge >= 0.3 is 0 Å². The summed E-state index contributed by atoms with van der Waals surface area (Å²) in [4.78, 5) is 4.83. The monoisotopic (exact) mass is 437 g/mol. The van der Waals surface area contributed by atoms with Crippen molar-refractivity contribution < 1.29 is 8.42 Å². The maximum atomic E-state index is 13.4. The number of nitrogens with one attached hydrogen (secondary N) is 1. The predicted octanol–water partition coefficient (Wildman–Crippen LogP) is 4.84. The van der Waals surface area contributed by atoms with E-state index in [4.69, 9.17) is 0 Å². The van der Waals surface area contributed by atoms with Crippen molar-refractivity contribution in [3.8, 4) is 0 Å². The molecule has 7 nitrogen and oxygen atoms in total. The zero-order chi connectivity index (χ0) is 22.0. The number of fused-ring (bicyclic) bond motifs is 3. The topological polar surface area (TPSA) is 89.2 Å². The highest BCUT2D eigenvalue weighted by Gasteiger charge is 2.27. The summed E-state index contributed by atoms with van der Waals surface area (Å²) < 4.78 is 28.2. The standard InChI is InChI=1S/C23H27N5O2S/c1-4-5-8-15-24-21-19-9-6-7-10-20(19)28-22(25-21)23(26-27-28)31(29,30)18-13-11-17(12-14-18)16(2)3/h6-7,9-14,16H,4-5,8,15H2,1-3H3,(H,24,25). The molecule has 0 saturated heterocycles. The molecule has 0 saturated carbocycles. The Morgan fingerprint density at radius 2 is 1.77 bits per heavy atom. The second kappa shape index (κ2) is 8.63. The van der Waals surface area contributed by atoms with Gasteiger partial charge in [0, 0.05) is 11.9 Å². The molecule has 2 heterocycles. The second-order valence-corrected chi connectivity index (χ2v) is 9.83. The largest absolute Gasteiger partial charge is 0.369 e. The van der Waals surface area contributed by atoms with Gasteiger partial charge in [0.25, 0.3) is 0 Å². The van der Waals surface area contributed by atoms with Gasteiger partial charge in [0.15, 0.2) is 5.65 Å². The Kier molecular flexibility index (Phi) is 5.91. The molecule has 2 aromatic heterocycles. The predicted molar refractivity (Wildman–Crippen MR) is 122 cm³/mol. The van der Waals surface area contributed by atoms with E-state index in [0.717, 1.165) is 42.3 Å². The molecule has 0 spiro atoms. The summed E-state index contributed by atoms with van der Waals surface area (Å²) in [6.45, 7) is 7.06. The van der Waals surface area contributed by atoms with Gasteiger partial charge in [0.2, 0.25) is 14.9 Å². The molecule has 0 bridgehead atoms. The smallest absolute Gasteiger partial charge is 0.229 e. The third-order valence-electron chi connectivity index (χ3n) is 5.41. The summed E-state index contributed by atoms with van der Waals surface area (Å²) >= 11 is 0. The lowest BCUT2D eigenvalue weighted by Crippen LogP contribution is -2.08. The molecule has 0 amide bonds. The molecule has 0 aliphatic heterocycles. The zero-order valence-corrected chi connectivity index (χ0v) is 18.9. The van der Waals surface area contributed by atoms with Crippen LogP contribution in [0, 0.1) is 0 Å². The number of nitrogens with zero attached hydrogens (tertiary/aromatic N) is 4. The minimum atomic E-state index is -3.86. The van der Waals surface area contributed by atoms with Crippen LogP contribution in [0.15, 0.2) is 58.5 Å². The highest BCUT2D eigenvalue weighted by molar-refractivity contribution is 7.91. The Morgan fingerprint density at radius 3 is 2.48 bits per heavy atom. The van der Waals surface area contributed by atoms with Crippen molar-refractivity contribution in [2.45, 2.75) is 55.9 Å². The number of para-hydroxylation sites is 1. The van der Waals surface area contributed by atoms with Crippen LogP contribution in [-0.4, -0.2) is 34.8 Å². The molecule has 4 aromatic rings. The SMILES string of the molecule is CCCCCNc1nc2c(S(=O)(=O)c3ccc(C(C)C)cc3)nnn2c2ccccc12. The van der Waals surface area contributed by atoms with E-state index < -0.39 is 9.84 Å². The minimum Gasteiger partial charge on any atom is -0.369 e. The van der Waals surface area contributed by atoms with E-state index in [1.165, 1.54) is 4.52 Å². The molecule has 0 atom stereocenters. The van der Waals surface area contributed by atoms with Crippen LogP contribution in [0.25, 0.3) is 16.6 Å².